The monoisotopic (exact) mass is 512 g/mol. The van der Waals surface area contributed by atoms with Crippen molar-refractivity contribution in [3.63, 3.8) is 0 Å². The SMILES string of the molecule is NC(=O)[C@H]1[C@@H]2C[C@@H](CNS(=O)(=O)Cc3cccc([N+](=O)[O-])c3)[C@@H](C2)[C@H]1Nc1nc(Cl)ncc1F. The van der Waals surface area contributed by atoms with Gasteiger partial charge in [-0.25, -0.2) is 22.5 Å². The molecule has 0 radical (unpaired) electrons. The summed E-state index contributed by atoms with van der Waals surface area (Å²) in [4.78, 5) is 29.9. The van der Waals surface area contributed by atoms with E-state index in [0.29, 0.717) is 18.4 Å². The number of non-ortho nitro benzene ring substituents is 1. The Kier molecular flexibility index (Phi) is 6.69. The molecule has 5 atom stereocenters. The van der Waals surface area contributed by atoms with Crippen molar-refractivity contribution in [1.82, 2.24) is 14.7 Å². The van der Waals surface area contributed by atoms with Crippen LogP contribution in [0, 0.1) is 39.6 Å². The van der Waals surface area contributed by atoms with Gasteiger partial charge in [-0.3, -0.25) is 14.9 Å². The lowest BCUT2D eigenvalue weighted by Gasteiger charge is -2.35. The first kappa shape index (κ1) is 24.2. The Morgan fingerprint density at radius 1 is 1.35 bits per heavy atom. The lowest BCUT2D eigenvalue weighted by molar-refractivity contribution is -0.384. The van der Waals surface area contributed by atoms with Crippen LogP contribution < -0.4 is 15.8 Å². The number of nitrogens with zero attached hydrogens (tertiary/aromatic N) is 3. The van der Waals surface area contributed by atoms with Crippen molar-refractivity contribution in [3.8, 4) is 0 Å². The van der Waals surface area contributed by atoms with Gasteiger partial charge in [0, 0.05) is 24.7 Å². The van der Waals surface area contributed by atoms with Crippen LogP contribution in [0.15, 0.2) is 30.5 Å². The number of aromatic nitrogens is 2. The molecular weight excluding hydrogens is 491 g/mol. The van der Waals surface area contributed by atoms with E-state index in [1.807, 2.05) is 0 Å². The molecule has 2 aromatic rings. The number of carbonyl (C=O) groups is 1. The van der Waals surface area contributed by atoms with Gasteiger partial charge in [-0.05, 0) is 47.8 Å². The Morgan fingerprint density at radius 2 is 2.12 bits per heavy atom. The van der Waals surface area contributed by atoms with Gasteiger partial charge in [0.2, 0.25) is 21.2 Å². The van der Waals surface area contributed by atoms with Crippen LogP contribution in [0.25, 0.3) is 0 Å². The van der Waals surface area contributed by atoms with Gasteiger partial charge in [0.15, 0.2) is 11.6 Å². The third-order valence-corrected chi connectivity index (χ3v) is 8.03. The second-order valence-corrected chi connectivity index (χ2v) is 10.8. The Bertz CT molecular complexity index is 1230. The normalized spacial score (nSPS) is 25.9. The fourth-order valence-corrected chi connectivity index (χ4v) is 6.53. The van der Waals surface area contributed by atoms with Crippen LogP contribution in [-0.2, 0) is 20.6 Å². The molecule has 182 valence electrons. The van der Waals surface area contributed by atoms with Crippen LogP contribution in [0.3, 0.4) is 0 Å². The van der Waals surface area contributed by atoms with Crippen LogP contribution in [0.5, 0.6) is 0 Å². The Morgan fingerprint density at radius 3 is 2.82 bits per heavy atom. The highest BCUT2D eigenvalue weighted by atomic mass is 35.5. The zero-order valence-electron chi connectivity index (χ0n) is 17.7. The highest BCUT2D eigenvalue weighted by molar-refractivity contribution is 7.88. The number of benzene rings is 1. The zero-order chi connectivity index (χ0) is 24.6. The summed E-state index contributed by atoms with van der Waals surface area (Å²) in [6.07, 6.45) is 2.13. The van der Waals surface area contributed by atoms with E-state index in [1.165, 1.54) is 24.3 Å². The maximum atomic E-state index is 14.2. The molecule has 4 N–H and O–H groups in total. The van der Waals surface area contributed by atoms with Crippen molar-refractivity contribution < 1.29 is 22.5 Å². The summed E-state index contributed by atoms with van der Waals surface area (Å²) in [6.45, 7) is 0.106. The summed E-state index contributed by atoms with van der Waals surface area (Å²) < 4.78 is 42.0. The molecule has 14 heteroatoms. The number of halogens is 2. The van der Waals surface area contributed by atoms with E-state index in [2.05, 4.69) is 20.0 Å². The van der Waals surface area contributed by atoms with Gasteiger partial charge >= 0.3 is 0 Å². The van der Waals surface area contributed by atoms with Gasteiger partial charge in [-0.1, -0.05) is 12.1 Å². The van der Waals surface area contributed by atoms with Crippen LogP contribution in [0.2, 0.25) is 5.28 Å². The number of nitro groups is 1. The fourth-order valence-electron chi connectivity index (χ4n) is 5.20. The second kappa shape index (κ2) is 9.39. The highest BCUT2D eigenvalue weighted by Crippen LogP contribution is 2.52. The summed E-state index contributed by atoms with van der Waals surface area (Å²) in [6, 6.07) is 4.90. The quantitative estimate of drug-likeness (QED) is 0.259. The first-order valence-electron chi connectivity index (χ1n) is 10.5. The van der Waals surface area contributed by atoms with E-state index in [1.54, 1.807) is 0 Å². The number of nitro benzene ring substituents is 1. The van der Waals surface area contributed by atoms with Crippen LogP contribution in [0.1, 0.15) is 18.4 Å². The smallest absolute Gasteiger partial charge is 0.269 e. The molecule has 11 nitrogen and oxygen atoms in total. The molecule has 2 saturated carbocycles. The van der Waals surface area contributed by atoms with Crippen LogP contribution in [-0.4, -0.2) is 41.8 Å². The molecule has 0 aliphatic heterocycles. The van der Waals surface area contributed by atoms with Crippen molar-refractivity contribution in [2.75, 3.05) is 11.9 Å². The van der Waals surface area contributed by atoms with Gasteiger partial charge < -0.3 is 11.1 Å². The number of nitrogens with two attached hydrogens (primary N) is 1. The number of carbonyl (C=O) groups excluding carboxylic acids is 1. The molecule has 2 aliphatic rings. The summed E-state index contributed by atoms with van der Waals surface area (Å²) in [5.41, 5.74) is 5.71. The molecule has 2 fully saturated rings. The van der Waals surface area contributed by atoms with Gasteiger partial charge in [-0.15, -0.1) is 0 Å². The Labute approximate surface area is 199 Å². The Hall–Kier alpha value is -2.90. The Balaban J connectivity index is 1.45. The molecule has 1 heterocycles. The van der Waals surface area contributed by atoms with Crippen molar-refractivity contribution in [2.45, 2.75) is 24.6 Å². The van der Waals surface area contributed by atoms with E-state index in [4.69, 9.17) is 17.3 Å². The number of amides is 1. The number of nitrogens with one attached hydrogen (secondary N) is 2. The molecule has 2 bridgehead atoms. The van der Waals surface area contributed by atoms with Crippen LogP contribution in [0.4, 0.5) is 15.9 Å². The molecule has 0 unspecified atom stereocenters. The third kappa shape index (κ3) is 5.10. The first-order chi connectivity index (χ1) is 16.0. The summed E-state index contributed by atoms with van der Waals surface area (Å²) in [5, 5.41) is 13.7. The van der Waals surface area contributed by atoms with Gasteiger partial charge in [-0.2, -0.15) is 4.98 Å². The molecular formula is C20H22ClFN6O5S. The molecule has 1 aromatic carbocycles. The predicted molar refractivity (Wildman–Crippen MR) is 121 cm³/mol. The zero-order valence-corrected chi connectivity index (χ0v) is 19.3. The maximum Gasteiger partial charge on any atom is 0.269 e. The van der Waals surface area contributed by atoms with E-state index in [9.17, 15) is 27.7 Å². The molecule has 0 spiro atoms. The summed E-state index contributed by atoms with van der Waals surface area (Å²) >= 11 is 5.77. The molecule has 1 aromatic heterocycles. The summed E-state index contributed by atoms with van der Waals surface area (Å²) in [7, 11) is -3.78. The van der Waals surface area contributed by atoms with E-state index < -0.39 is 44.4 Å². The molecule has 0 saturated heterocycles. The van der Waals surface area contributed by atoms with Gasteiger partial charge in [0.1, 0.15) is 0 Å². The van der Waals surface area contributed by atoms with E-state index >= 15 is 0 Å². The van der Waals surface area contributed by atoms with Crippen molar-refractivity contribution in [3.05, 3.63) is 57.2 Å². The van der Waals surface area contributed by atoms with Gasteiger partial charge in [0.25, 0.3) is 5.69 Å². The third-order valence-electron chi connectivity index (χ3n) is 6.53. The minimum absolute atomic E-state index is 0.0772. The number of hydrogen-bond donors (Lipinski definition) is 3. The number of hydrogen-bond acceptors (Lipinski definition) is 8. The van der Waals surface area contributed by atoms with Crippen molar-refractivity contribution in [1.29, 1.82) is 0 Å². The molecule has 2 aliphatic carbocycles. The standard InChI is InChI=1S/C20H22ClFN6O5S/c21-20-24-8-15(22)19(27-20)26-17-14-6-11(16(17)18(23)29)5-12(14)7-25-34(32,33)9-10-2-1-3-13(4-10)28(30)31/h1-4,8,11-12,14,16-17,25H,5-7,9H2,(H2,23,29)(H,24,26,27)/t11-,12+,14-,16+,17-/m1/s1. The first-order valence-corrected chi connectivity index (χ1v) is 12.5. The highest BCUT2D eigenvalue weighted by Gasteiger charge is 2.55. The van der Waals surface area contributed by atoms with E-state index in [-0.39, 0.29) is 41.1 Å². The minimum Gasteiger partial charge on any atom is -0.369 e. The molecule has 1 amide bonds. The predicted octanol–water partition coefficient (Wildman–Crippen LogP) is 1.83. The average molecular weight is 513 g/mol. The van der Waals surface area contributed by atoms with Crippen molar-refractivity contribution >= 4 is 39.0 Å². The average Bonchev–Trinajstić information content (AvgIpc) is 3.33. The van der Waals surface area contributed by atoms with Crippen LogP contribution >= 0.6 is 11.6 Å². The van der Waals surface area contributed by atoms with Gasteiger partial charge in [0.05, 0.1) is 22.8 Å². The number of fused-ring (bicyclic) bond motifs is 2. The van der Waals surface area contributed by atoms with E-state index in [0.717, 1.165) is 6.20 Å². The minimum atomic E-state index is -3.78. The largest absolute Gasteiger partial charge is 0.369 e. The van der Waals surface area contributed by atoms with Crippen molar-refractivity contribution in [2.24, 2.45) is 29.4 Å². The number of primary amides is 1. The fraction of sp³-hybridized carbons (Fsp3) is 0.450. The molecule has 4 rings (SSSR count). The second-order valence-electron chi connectivity index (χ2n) is 8.62. The maximum absolute atomic E-state index is 14.2. The number of sulfonamides is 1. The molecule has 34 heavy (non-hydrogen) atoms. The summed E-state index contributed by atoms with van der Waals surface area (Å²) in [5.74, 6) is -2.73. The number of rotatable bonds is 9. The topological polar surface area (TPSA) is 170 Å². The lowest BCUT2D eigenvalue weighted by Crippen LogP contribution is -2.47. The number of anilines is 1. The lowest BCUT2D eigenvalue weighted by atomic mass is 9.78.